The van der Waals surface area contributed by atoms with Crippen LogP contribution in [0.1, 0.15) is 47.5 Å². The Balaban J connectivity index is 3.56. The molecular formula is C21H43N3O5. The first-order chi connectivity index (χ1) is 13.7. The Kier molecular flexibility index (Phi) is 15.6. The molecule has 0 aliphatic rings. The van der Waals surface area contributed by atoms with Crippen LogP contribution in [0.15, 0.2) is 0 Å². The predicted octanol–water partition coefficient (Wildman–Crippen LogP) is 2.37. The van der Waals surface area contributed by atoms with Gasteiger partial charge in [0.25, 0.3) is 0 Å². The average Bonchev–Trinajstić information content (AvgIpc) is 2.66. The molecule has 172 valence electrons. The van der Waals surface area contributed by atoms with Gasteiger partial charge in [0.05, 0.1) is 26.4 Å². The van der Waals surface area contributed by atoms with Crippen molar-refractivity contribution in [3.63, 3.8) is 0 Å². The molecule has 0 fully saturated rings. The number of unbranched alkanes of at least 4 members (excludes halogenated alkanes) is 1. The molecular weight excluding hydrogens is 374 g/mol. The second kappa shape index (κ2) is 16.4. The lowest BCUT2D eigenvalue weighted by Crippen LogP contribution is -2.36. The average molecular weight is 418 g/mol. The molecule has 8 nitrogen and oxygen atoms in total. The van der Waals surface area contributed by atoms with Crippen molar-refractivity contribution in [3.05, 3.63) is 0 Å². The third-order valence-corrected chi connectivity index (χ3v) is 4.22. The maximum absolute atomic E-state index is 11.9. The summed E-state index contributed by atoms with van der Waals surface area (Å²) < 4.78 is 16.0. The number of carbonyl (C=O) groups is 2. The van der Waals surface area contributed by atoms with Crippen LogP contribution in [-0.2, 0) is 19.0 Å². The number of ether oxygens (including phenoxy) is 3. The van der Waals surface area contributed by atoms with Crippen LogP contribution in [0, 0.1) is 5.41 Å². The molecule has 0 saturated heterocycles. The van der Waals surface area contributed by atoms with Crippen molar-refractivity contribution in [2.24, 2.45) is 5.41 Å². The van der Waals surface area contributed by atoms with Crippen LogP contribution >= 0.6 is 0 Å². The van der Waals surface area contributed by atoms with E-state index < -0.39 is 0 Å². The van der Waals surface area contributed by atoms with Crippen LogP contribution in [0.25, 0.3) is 0 Å². The summed E-state index contributed by atoms with van der Waals surface area (Å²) in [5, 5.41) is 2.79. The van der Waals surface area contributed by atoms with E-state index in [0.717, 1.165) is 26.1 Å². The zero-order valence-electron chi connectivity index (χ0n) is 19.4. The van der Waals surface area contributed by atoms with Gasteiger partial charge in [0.2, 0.25) is 5.91 Å². The summed E-state index contributed by atoms with van der Waals surface area (Å²) in [5.74, 6) is -0.144. The Morgan fingerprint density at radius 2 is 1.59 bits per heavy atom. The molecule has 0 aliphatic carbocycles. The van der Waals surface area contributed by atoms with Gasteiger partial charge in [-0.1, -0.05) is 34.6 Å². The highest BCUT2D eigenvalue weighted by Gasteiger charge is 2.11. The standard InChI is InChI=1S/C21H43N3O5/c1-7-24(8-2)13-12-23(6)20(26)29-14-10-9-11-22-19(25)17-27-15-16-28-18-21(3,4)5/h7-18H2,1-6H3,(H,22,25). The van der Waals surface area contributed by atoms with Crippen molar-refractivity contribution < 1.29 is 23.8 Å². The van der Waals surface area contributed by atoms with Gasteiger partial charge in [-0.25, -0.2) is 4.79 Å². The molecule has 0 aromatic carbocycles. The monoisotopic (exact) mass is 417 g/mol. The topological polar surface area (TPSA) is 80.3 Å². The number of hydrogen-bond donors (Lipinski definition) is 1. The molecule has 0 saturated carbocycles. The summed E-state index contributed by atoms with van der Waals surface area (Å²) in [6.07, 6.45) is 1.15. The van der Waals surface area contributed by atoms with E-state index in [9.17, 15) is 9.59 Å². The van der Waals surface area contributed by atoms with E-state index in [1.807, 2.05) is 0 Å². The number of nitrogens with one attached hydrogen (secondary N) is 1. The lowest BCUT2D eigenvalue weighted by atomic mass is 9.99. The van der Waals surface area contributed by atoms with Crippen LogP contribution in [0.2, 0.25) is 0 Å². The molecule has 29 heavy (non-hydrogen) atoms. The van der Waals surface area contributed by atoms with Crippen LogP contribution in [0.3, 0.4) is 0 Å². The van der Waals surface area contributed by atoms with Gasteiger partial charge >= 0.3 is 6.09 Å². The summed E-state index contributed by atoms with van der Waals surface area (Å²) >= 11 is 0. The van der Waals surface area contributed by atoms with Gasteiger partial charge in [-0.05, 0) is 31.3 Å². The Labute approximate surface area is 177 Å². The van der Waals surface area contributed by atoms with Crippen molar-refractivity contribution in [3.8, 4) is 0 Å². The van der Waals surface area contributed by atoms with Crippen LogP contribution < -0.4 is 5.32 Å². The van der Waals surface area contributed by atoms with E-state index >= 15 is 0 Å². The smallest absolute Gasteiger partial charge is 0.409 e. The summed E-state index contributed by atoms with van der Waals surface area (Å²) in [4.78, 5) is 27.4. The predicted molar refractivity (Wildman–Crippen MR) is 115 cm³/mol. The van der Waals surface area contributed by atoms with Crippen molar-refractivity contribution in [1.29, 1.82) is 0 Å². The highest BCUT2D eigenvalue weighted by molar-refractivity contribution is 5.77. The van der Waals surface area contributed by atoms with Crippen LogP contribution in [0.5, 0.6) is 0 Å². The highest BCUT2D eigenvalue weighted by Crippen LogP contribution is 2.12. The quantitative estimate of drug-likeness (QED) is 0.388. The number of carbonyl (C=O) groups excluding carboxylic acids is 2. The molecule has 0 spiro atoms. The Bertz CT molecular complexity index is 437. The van der Waals surface area contributed by atoms with Gasteiger partial charge < -0.3 is 29.3 Å². The SMILES string of the molecule is CCN(CC)CCN(C)C(=O)OCCCCNC(=O)COCCOCC(C)(C)C. The first-order valence-electron chi connectivity index (χ1n) is 10.7. The summed E-state index contributed by atoms with van der Waals surface area (Å²) in [6, 6.07) is 0. The Hall–Kier alpha value is -1.38. The fraction of sp³-hybridized carbons (Fsp3) is 0.905. The lowest BCUT2D eigenvalue weighted by molar-refractivity contribution is -0.126. The molecule has 0 atom stereocenters. The van der Waals surface area contributed by atoms with Crippen LogP contribution in [0.4, 0.5) is 4.79 Å². The van der Waals surface area contributed by atoms with Gasteiger partial charge in [0.1, 0.15) is 6.61 Å². The van der Waals surface area contributed by atoms with Crippen molar-refractivity contribution in [1.82, 2.24) is 15.1 Å². The van der Waals surface area contributed by atoms with Gasteiger partial charge in [-0.2, -0.15) is 0 Å². The molecule has 0 aliphatic heterocycles. The minimum Gasteiger partial charge on any atom is -0.449 e. The maximum atomic E-state index is 11.9. The summed E-state index contributed by atoms with van der Waals surface area (Å²) in [5.41, 5.74) is 0.131. The minimum absolute atomic E-state index is 0.0329. The zero-order valence-corrected chi connectivity index (χ0v) is 19.4. The molecule has 0 unspecified atom stereocenters. The fourth-order valence-electron chi connectivity index (χ4n) is 2.36. The Morgan fingerprint density at radius 1 is 0.931 bits per heavy atom. The Morgan fingerprint density at radius 3 is 2.21 bits per heavy atom. The van der Waals surface area contributed by atoms with E-state index in [1.165, 1.54) is 0 Å². The fourth-order valence-corrected chi connectivity index (χ4v) is 2.36. The first-order valence-corrected chi connectivity index (χ1v) is 10.7. The van der Waals surface area contributed by atoms with Gasteiger partial charge in [-0.15, -0.1) is 0 Å². The maximum Gasteiger partial charge on any atom is 0.409 e. The van der Waals surface area contributed by atoms with Crippen molar-refractivity contribution in [2.45, 2.75) is 47.5 Å². The second-order valence-corrected chi connectivity index (χ2v) is 8.29. The molecule has 8 heteroatoms. The number of hydrogen-bond acceptors (Lipinski definition) is 6. The lowest BCUT2D eigenvalue weighted by Gasteiger charge is -2.22. The van der Waals surface area contributed by atoms with E-state index in [1.54, 1.807) is 11.9 Å². The first kappa shape index (κ1) is 27.6. The number of likely N-dealkylation sites (N-methyl/N-ethyl adjacent to an activating group) is 2. The molecule has 0 bridgehead atoms. The van der Waals surface area contributed by atoms with E-state index in [-0.39, 0.29) is 24.0 Å². The summed E-state index contributed by atoms with van der Waals surface area (Å²) in [7, 11) is 1.75. The second-order valence-electron chi connectivity index (χ2n) is 8.29. The molecule has 0 radical (unpaired) electrons. The normalized spacial score (nSPS) is 11.6. The molecule has 1 N–H and O–H groups in total. The van der Waals surface area contributed by atoms with E-state index in [2.05, 4.69) is 44.8 Å². The molecule has 0 rings (SSSR count). The largest absolute Gasteiger partial charge is 0.449 e. The third kappa shape index (κ3) is 17.2. The zero-order chi connectivity index (χ0) is 22.1. The van der Waals surface area contributed by atoms with Crippen molar-refractivity contribution >= 4 is 12.0 Å². The summed E-state index contributed by atoms with van der Waals surface area (Å²) in [6.45, 7) is 16.4. The number of amides is 2. The molecule has 0 aromatic heterocycles. The van der Waals surface area contributed by atoms with Gasteiger partial charge in [-0.3, -0.25) is 4.79 Å². The molecule has 0 aromatic rings. The third-order valence-electron chi connectivity index (χ3n) is 4.22. The van der Waals surface area contributed by atoms with E-state index in [4.69, 9.17) is 14.2 Å². The van der Waals surface area contributed by atoms with Gasteiger partial charge in [0, 0.05) is 26.7 Å². The van der Waals surface area contributed by atoms with E-state index in [0.29, 0.717) is 45.9 Å². The van der Waals surface area contributed by atoms with Crippen molar-refractivity contribution in [2.75, 3.05) is 72.8 Å². The minimum atomic E-state index is -0.303. The number of nitrogens with zero attached hydrogens (tertiary/aromatic N) is 2. The van der Waals surface area contributed by atoms with Crippen LogP contribution in [-0.4, -0.2) is 94.6 Å². The number of rotatable bonds is 16. The highest BCUT2D eigenvalue weighted by atomic mass is 16.6. The van der Waals surface area contributed by atoms with Gasteiger partial charge in [0.15, 0.2) is 0 Å². The molecule has 0 heterocycles. The molecule has 2 amide bonds.